The number of rotatable bonds is 5. The van der Waals surface area contributed by atoms with E-state index in [2.05, 4.69) is 31.7 Å². The van der Waals surface area contributed by atoms with Gasteiger partial charge in [-0.05, 0) is 80.7 Å². The summed E-state index contributed by atoms with van der Waals surface area (Å²) in [6.07, 6.45) is 8.23. The van der Waals surface area contributed by atoms with Crippen LogP contribution in [-0.4, -0.2) is 33.4 Å². The third-order valence-corrected chi connectivity index (χ3v) is 7.28. The zero-order valence-corrected chi connectivity index (χ0v) is 17.4. The highest BCUT2D eigenvalue weighted by Gasteiger charge is 2.28. The number of aromatic amines is 1. The molecule has 152 valence electrons. The molecule has 3 aromatic rings. The van der Waals surface area contributed by atoms with Crippen LogP contribution in [0.15, 0.2) is 28.5 Å². The molecule has 2 aliphatic carbocycles. The maximum atomic E-state index is 12.9. The second kappa shape index (κ2) is 6.69. The number of aryl methyl sites for hydroxylation is 2. The number of nitrogens with zero attached hydrogens (tertiary/aromatic N) is 4. The van der Waals surface area contributed by atoms with Gasteiger partial charge in [-0.3, -0.25) is 4.68 Å². The van der Waals surface area contributed by atoms with Crippen LogP contribution in [0.2, 0.25) is 0 Å². The summed E-state index contributed by atoms with van der Waals surface area (Å²) < 4.78 is 27.4. The summed E-state index contributed by atoms with van der Waals surface area (Å²) in [6, 6.07) is 3.92. The minimum Gasteiger partial charge on any atom is -0.322 e. The average molecular weight is 413 g/mol. The van der Waals surface area contributed by atoms with Crippen molar-refractivity contribution in [3.8, 4) is 0 Å². The molecule has 2 aromatic heterocycles. The molecule has 1 aromatic carbocycles. The predicted octanol–water partition coefficient (Wildman–Crippen LogP) is 3.14. The third kappa shape index (κ3) is 3.04. The van der Waals surface area contributed by atoms with Gasteiger partial charge in [0.2, 0.25) is 5.95 Å². The lowest BCUT2D eigenvalue weighted by Gasteiger charge is -2.15. The first-order valence-corrected chi connectivity index (χ1v) is 11.6. The molecule has 0 fully saturated rings. The topological polar surface area (TPSA) is 106 Å². The van der Waals surface area contributed by atoms with Gasteiger partial charge in [-0.25, -0.2) is 13.5 Å². The molecule has 0 saturated heterocycles. The van der Waals surface area contributed by atoms with E-state index in [1.807, 2.05) is 13.8 Å². The normalized spacial score (nSPS) is 15.7. The Bertz CT molecular complexity index is 1160. The van der Waals surface area contributed by atoms with Crippen LogP contribution in [0.1, 0.15) is 55.0 Å². The molecule has 0 aliphatic heterocycles. The first-order valence-electron chi connectivity index (χ1n) is 10.1. The summed E-state index contributed by atoms with van der Waals surface area (Å²) in [4.78, 5) is 4.24. The molecule has 9 heteroatoms. The van der Waals surface area contributed by atoms with Crippen molar-refractivity contribution in [3.63, 3.8) is 0 Å². The molecule has 0 saturated carbocycles. The molecule has 0 unspecified atom stereocenters. The molecule has 5 rings (SSSR count). The number of aromatic nitrogens is 5. The van der Waals surface area contributed by atoms with Crippen LogP contribution < -0.4 is 5.32 Å². The van der Waals surface area contributed by atoms with Gasteiger partial charge in [-0.2, -0.15) is 10.1 Å². The van der Waals surface area contributed by atoms with Crippen LogP contribution in [-0.2, 0) is 35.5 Å². The van der Waals surface area contributed by atoms with Gasteiger partial charge in [-0.15, -0.1) is 5.10 Å². The SMILES string of the molecule is CC(C)n1ccc(S(=O)(=O)c2nc(Nc3c4c(cc5c3CCC5)CCC4)n[nH]2)n1. The molecule has 2 heterocycles. The van der Waals surface area contributed by atoms with Crippen molar-refractivity contribution in [2.45, 2.75) is 68.6 Å². The lowest BCUT2D eigenvalue weighted by molar-refractivity contribution is 0.515. The van der Waals surface area contributed by atoms with E-state index in [-0.39, 0.29) is 22.2 Å². The molecule has 0 bridgehead atoms. The molecule has 2 aliphatic rings. The number of hydrogen-bond donors (Lipinski definition) is 2. The highest BCUT2D eigenvalue weighted by molar-refractivity contribution is 7.91. The standard InChI is InChI=1S/C20H24N6O2S/c1-12(2)26-10-9-17(25-26)29(27,28)20-22-19(23-24-20)21-18-15-7-3-5-13(15)11-14-6-4-8-16(14)18/h9-12H,3-8H2,1-2H3,(H2,21,22,23,24). The molecule has 29 heavy (non-hydrogen) atoms. The molecule has 0 radical (unpaired) electrons. The number of fused-ring (bicyclic) bond motifs is 2. The van der Waals surface area contributed by atoms with Gasteiger partial charge in [0.25, 0.3) is 15.0 Å². The minimum atomic E-state index is -3.85. The molecule has 0 atom stereocenters. The highest BCUT2D eigenvalue weighted by atomic mass is 32.2. The Balaban J connectivity index is 1.47. The molecule has 0 amide bonds. The summed E-state index contributed by atoms with van der Waals surface area (Å²) in [5.74, 6) is 0.279. The van der Waals surface area contributed by atoms with Crippen molar-refractivity contribution in [1.29, 1.82) is 0 Å². The Labute approximate surface area is 169 Å². The Morgan fingerprint density at radius 2 is 1.79 bits per heavy atom. The fourth-order valence-electron chi connectivity index (χ4n) is 4.35. The predicted molar refractivity (Wildman–Crippen MR) is 108 cm³/mol. The van der Waals surface area contributed by atoms with Gasteiger partial charge >= 0.3 is 0 Å². The summed E-state index contributed by atoms with van der Waals surface area (Å²) in [5.41, 5.74) is 6.54. The van der Waals surface area contributed by atoms with Gasteiger partial charge in [0.05, 0.1) is 0 Å². The zero-order valence-electron chi connectivity index (χ0n) is 16.6. The Morgan fingerprint density at radius 1 is 1.10 bits per heavy atom. The van der Waals surface area contributed by atoms with Gasteiger partial charge < -0.3 is 5.32 Å². The maximum absolute atomic E-state index is 12.9. The molecule has 0 spiro atoms. The highest BCUT2D eigenvalue weighted by Crippen LogP contribution is 2.39. The van der Waals surface area contributed by atoms with Crippen molar-refractivity contribution in [3.05, 3.63) is 40.6 Å². The lowest BCUT2D eigenvalue weighted by Crippen LogP contribution is -2.08. The van der Waals surface area contributed by atoms with Crippen LogP contribution in [0.4, 0.5) is 11.6 Å². The monoisotopic (exact) mass is 412 g/mol. The van der Waals surface area contributed by atoms with E-state index in [1.165, 1.54) is 28.3 Å². The van der Waals surface area contributed by atoms with Crippen LogP contribution in [0.5, 0.6) is 0 Å². The van der Waals surface area contributed by atoms with E-state index in [0.717, 1.165) is 44.2 Å². The molecule has 2 N–H and O–H groups in total. The summed E-state index contributed by atoms with van der Waals surface area (Å²) in [5, 5.41) is 14.0. The molecular weight excluding hydrogens is 388 g/mol. The van der Waals surface area contributed by atoms with Crippen LogP contribution in [0.3, 0.4) is 0 Å². The minimum absolute atomic E-state index is 0.0320. The van der Waals surface area contributed by atoms with Gasteiger partial charge in [-0.1, -0.05) is 6.07 Å². The Kier molecular flexibility index (Phi) is 4.23. The summed E-state index contributed by atoms with van der Waals surface area (Å²) in [6.45, 7) is 3.88. The second-order valence-electron chi connectivity index (χ2n) is 8.05. The zero-order chi connectivity index (χ0) is 20.2. The van der Waals surface area contributed by atoms with Crippen molar-refractivity contribution in [2.75, 3.05) is 5.32 Å². The second-order valence-corrected chi connectivity index (χ2v) is 9.87. The summed E-state index contributed by atoms with van der Waals surface area (Å²) >= 11 is 0. The van der Waals surface area contributed by atoms with E-state index in [0.29, 0.717) is 0 Å². The number of sulfone groups is 1. The fraction of sp³-hybridized carbons (Fsp3) is 0.450. The van der Waals surface area contributed by atoms with E-state index in [1.54, 1.807) is 10.9 Å². The lowest BCUT2D eigenvalue weighted by atomic mass is 9.99. The number of H-pyrrole nitrogens is 1. The van der Waals surface area contributed by atoms with E-state index in [4.69, 9.17) is 0 Å². The smallest absolute Gasteiger partial charge is 0.260 e. The molecule has 8 nitrogen and oxygen atoms in total. The Hall–Kier alpha value is -2.68. The fourth-order valence-corrected chi connectivity index (χ4v) is 5.36. The Morgan fingerprint density at radius 3 is 2.41 bits per heavy atom. The first-order chi connectivity index (χ1) is 13.9. The number of benzene rings is 1. The quantitative estimate of drug-likeness (QED) is 0.667. The first kappa shape index (κ1) is 18.4. The van der Waals surface area contributed by atoms with E-state index < -0.39 is 9.84 Å². The van der Waals surface area contributed by atoms with Crippen molar-refractivity contribution in [1.82, 2.24) is 25.0 Å². The van der Waals surface area contributed by atoms with Gasteiger partial charge in [0.15, 0.2) is 5.03 Å². The van der Waals surface area contributed by atoms with Crippen molar-refractivity contribution in [2.24, 2.45) is 0 Å². The van der Waals surface area contributed by atoms with Gasteiger partial charge in [0, 0.05) is 17.9 Å². The van der Waals surface area contributed by atoms with E-state index in [9.17, 15) is 8.42 Å². The van der Waals surface area contributed by atoms with Crippen molar-refractivity contribution >= 4 is 21.5 Å². The van der Waals surface area contributed by atoms with E-state index >= 15 is 0 Å². The van der Waals surface area contributed by atoms with Crippen molar-refractivity contribution < 1.29 is 8.42 Å². The summed E-state index contributed by atoms with van der Waals surface area (Å²) in [7, 11) is -3.85. The van der Waals surface area contributed by atoms with Crippen LogP contribution in [0, 0.1) is 0 Å². The van der Waals surface area contributed by atoms with Crippen LogP contribution >= 0.6 is 0 Å². The largest absolute Gasteiger partial charge is 0.322 e. The maximum Gasteiger partial charge on any atom is 0.260 e. The number of anilines is 2. The van der Waals surface area contributed by atoms with Gasteiger partial charge in [0.1, 0.15) is 0 Å². The number of nitrogens with one attached hydrogen (secondary N) is 2. The van der Waals surface area contributed by atoms with Crippen LogP contribution in [0.25, 0.3) is 0 Å². The number of hydrogen-bond acceptors (Lipinski definition) is 6. The molecular formula is C20H24N6O2S. The third-order valence-electron chi connectivity index (χ3n) is 5.82. The average Bonchev–Trinajstić information content (AvgIpc) is 3.46.